The molecule has 3 fully saturated rings. The van der Waals surface area contributed by atoms with Crippen LogP contribution in [0.25, 0.3) is 0 Å². The Hall–Kier alpha value is -1.08. The quantitative estimate of drug-likeness (QED) is 0.473. The minimum atomic E-state index is -0.182. The van der Waals surface area contributed by atoms with E-state index >= 15 is 0 Å². The molecule has 0 aromatic heterocycles. The summed E-state index contributed by atoms with van der Waals surface area (Å²) in [7, 11) is 0. The van der Waals surface area contributed by atoms with Crippen LogP contribution in [0.5, 0.6) is 0 Å². The summed E-state index contributed by atoms with van der Waals surface area (Å²) >= 11 is 0. The van der Waals surface area contributed by atoms with Crippen molar-refractivity contribution in [2.75, 3.05) is 0 Å². The van der Waals surface area contributed by atoms with Gasteiger partial charge in [0.1, 0.15) is 0 Å². The first-order valence-corrected chi connectivity index (χ1v) is 12.2. The Bertz CT molecular complexity index is 678. The largest absolute Gasteiger partial charge is 0.393 e. The lowest BCUT2D eigenvalue weighted by atomic mass is 9.61. The van der Waals surface area contributed by atoms with Gasteiger partial charge in [-0.05, 0) is 91.9 Å². The highest BCUT2D eigenvalue weighted by atomic mass is 16.3. The molecule has 0 radical (unpaired) electrons. The smallest absolute Gasteiger partial charge is 0.0583 e. The number of aliphatic hydroxyl groups excluding tert-OH is 1. The Kier molecular flexibility index (Phi) is 7.31. The monoisotopic (exact) mass is 396 g/mol. The fourth-order valence-corrected chi connectivity index (χ4v) is 6.25. The number of fused-ring (bicyclic) bond motifs is 1. The van der Waals surface area contributed by atoms with Gasteiger partial charge in [0.2, 0.25) is 0 Å². The van der Waals surface area contributed by atoms with Gasteiger partial charge in [0.25, 0.3) is 0 Å². The molecule has 0 aromatic rings. The summed E-state index contributed by atoms with van der Waals surface area (Å²) in [5, 5.41) is 10.0. The molecule has 1 nitrogen and oxygen atoms in total. The normalized spacial score (nSPS) is 38.2. The molecular weight excluding hydrogens is 352 g/mol. The Balaban J connectivity index is 1.75. The molecule has 0 saturated heterocycles. The molecule has 3 aliphatic carbocycles. The summed E-state index contributed by atoms with van der Waals surface area (Å²) in [5.41, 5.74) is 4.61. The van der Waals surface area contributed by atoms with E-state index in [-0.39, 0.29) is 6.10 Å². The highest BCUT2D eigenvalue weighted by Gasteiger charge is 2.50. The zero-order chi connectivity index (χ0) is 21.2. The van der Waals surface area contributed by atoms with Gasteiger partial charge in [-0.25, -0.2) is 0 Å². The van der Waals surface area contributed by atoms with Crippen molar-refractivity contribution >= 4 is 0 Å². The molecule has 29 heavy (non-hydrogen) atoms. The molecule has 0 spiro atoms. The molecule has 3 aliphatic rings. The van der Waals surface area contributed by atoms with E-state index in [1.165, 1.54) is 43.3 Å². The van der Waals surface area contributed by atoms with Crippen molar-refractivity contribution in [2.45, 2.75) is 92.1 Å². The van der Waals surface area contributed by atoms with Crippen molar-refractivity contribution in [3.05, 3.63) is 47.6 Å². The molecule has 0 unspecified atom stereocenters. The number of hydrogen-bond acceptors (Lipinski definition) is 1. The molecule has 3 rings (SSSR count). The van der Waals surface area contributed by atoms with Crippen LogP contribution in [0, 0.1) is 35.0 Å². The zero-order valence-electron chi connectivity index (χ0n) is 19.6. The molecule has 0 bridgehead atoms. The molecule has 3 saturated carbocycles. The molecule has 6 atom stereocenters. The van der Waals surface area contributed by atoms with Crippen LogP contribution in [0.3, 0.4) is 0 Å². The second-order valence-electron chi connectivity index (χ2n) is 10.9. The molecule has 0 amide bonds. The lowest BCUT2D eigenvalue weighted by Gasteiger charge is -2.44. The zero-order valence-corrected chi connectivity index (χ0v) is 19.6. The Morgan fingerprint density at radius 2 is 1.79 bits per heavy atom. The van der Waals surface area contributed by atoms with Gasteiger partial charge in [0.05, 0.1) is 6.10 Å². The van der Waals surface area contributed by atoms with Gasteiger partial charge in [-0.15, -0.1) is 0 Å². The predicted molar refractivity (Wildman–Crippen MR) is 126 cm³/mol. The van der Waals surface area contributed by atoms with E-state index in [2.05, 4.69) is 65.5 Å². The fraction of sp³-hybridized carbons (Fsp3) is 0.714. The van der Waals surface area contributed by atoms with Crippen LogP contribution in [-0.2, 0) is 0 Å². The maximum atomic E-state index is 10.0. The van der Waals surface area contributed by atoms with Crippen LogP contribution in [-0.4, -0.2) is 11.2 Å². The molecule has 0 aromatic carbocycles. The summed E-state index contributed by atoms with van der Waals surface area (Å²) in [5.74, 6) is 3.58. The number of hydrogen-bond donors (Lipinski definition) is 1. The van der Waals surface area contributed by atoms with E-state index in [9.17, 15) is 5.11 Å². The molecule has 0 aliphatic heterocycles. The predicted octanol–water partition coefficient (Wildman–Crippen LogP) is 7.64. The third kappa shape index (κ3) is 4.98. The van der Waals surface area contributed by atoms with Crippen LogP contribution in [0.4, 0.5) is 0 Å². The van der Waals surface area contributed by atoms with Gasteiger partial charge in [0, 0.05) is 0 Å². The molecule has 1 heteroatoms. The maximum Gasteiger partial charge on any atom is 0.0583 e. The summed E-state index contributed by atoms with van der Waals surface area (Å²) in [6.07, 6.45) is 18.8. The first-order valence-electron chi connectivity index (χ1n) is 12.2. The lowest BCUT2D eigenvalue weighted by Crippen LogP contribution is -2.35. The van der Waals surface area contributed by atoms with Crippen LogP contribution in [0.2, 0.25) is 0 Å². The number of aliphatic hydroxyl groups is 1. The summed E-state index contributed by atoms with van der Waals surface area (Å²) in [6, 6.07) is 0. The Morgan fingerprint density at radius 3 is 2.52 bits per heavy atom. The van der Waals surface area contributed by atoms with Crippen LogP contribution in [0.15, 0.2) is 47.6 Å². The van der Waals surface area contributed by atoms with Gasteiger partial charge in [-0.2, -0.15) is 0 Å². The molecule has 162 valence electrons. The van der Waals surface area contributed by atoms with Crippen molar-refractivity contribution in [1.82, 2.24) is 0 Å². The number of allylic oxidation sites excluding steroid dienone is 6. The fourth-order valence-electron chi connectivity index (χ4n) is 6.25. The van der Waals surface area contributed by atoms with E-state index in [0.717, 1.165) is 37.0 Å². The first kappa shape index (κ1) is 22.6. The minimum Gasteiger partial charge on any atom is -0.393 e. The summed E-state index contributed by atoms with van der Waals surface area (Å²) < 4.78 is 0. The van der Waals surface area contributed by atoms with E-state index in [4.69, 9.17) is 0 Å². The standard InChI is InChI=1S/C28H44O/c1-19(2)20(3)9-10-22(5)26-15-16-27-23(8-7-17-28(26,27)6)12-13-24-18-25(29)14-11-21(24)4/h9-10,12-13,19-20,22,25-27,29H,4,7-8,11,14-18H2,1-3,5-6H3/b10-9+,23-12+,24-13-/t20-,22-,25+,26+,27+,28+/m0/s1. The third-order valence-corrected chi connectivity index (χ3v) is 8.63. The van der Waals surface area contributed by atoms with Gasteiger partial charge >= 0.3 is 0 Å². The van der Waals surface area contributed by atoms with Gasteiger partial charge in [0.15, 0.2) is 0 Å². The molecule has 1 N–H and O–H groups in total. The SMILES string of the molecule is C=C1CC[C@@H](O)C/C1=C/C=C1\CCC[C@@]2(C)[C@@H]1CC[C@@H]2[C@@H](C)/C=C/[C@H](C)C(C)C. The first-order chi connectivity index (χ1) is 13.7. The van der Waals surface area contributed by atoms with Crippen molar-refractivity contribution in [3.63, 3.8) is 0 Å². The van der Waals surface area contributed by atoms with Gasteiger partial charge in [-0.1, -0.05) is 76.6 Å². The average molecular weight is 397 g/mol. The third-order valence-electron chi connectivity index (χ3n) is 8.63. The lowest BCUT2D eigenvalue weighted by molar-refractivity contribution is 0.112. The van der Waals surface area contributed by atoms with Crippen molar-refractivity contribution in [2.24, 2.45) is 35.0 Å². The van der Waals surface area contributed by atoms with Crippen molar-refractivity contribution < 1.29 is 5.11 Å². The van der Waals surface area contributed by atoms with Crippen LogP contribution < -0.4 is 0 Å². The van der Waals surface area contributed by atoms with Gasteiger partial charge < -0.3 is 5.11 Å². The Morgan fingerprint density at radius 1 is 1.03 bits per heavy atom. The molecular formula is C28H44O. The van der Waals surface area contributed by atoms with E-state index < -0.39 is 0 Å². The maximum absolute atomic E-state index is 10.0. The number of rotatable bonds is 5. The minimum absolute atomic E-state index is 0.182. The summed E-state index contributed by atoms with van der Waals surface area (Å²) in [6.45, 7) is 16.3. The second kappa shape index (κ2) is 9.38. The Labute approximate surface area is 180 Å². The average Bonchev–Trinajstić information content (AvgIpc) is 3.04. The van der Waals surface area contributed by atoms with Crippen LogP contribution in [0.1, 0.15) is 86.0 Å². The highest BCUT2D eigenvalue weighted by molar-refractivity contribution is 5.36. The summed E-state index contributed by atoms with van der Waals surface area (Å²) in [4.78, 5) is 0. The molecule has 0 heterocycles. The van der Waals surface area contributed by atoms with Crippen molar-refractivity contribution in [3.8, 4) is 0 Å². The van der Waals surface area contributed by atoms with Crippen molar-refractivity contribution in [1.29, 1.82) is 0 Å². The topological polar surface area (TPSA) is 20.2 Å². The van der Waals surface area contributed by atoms with E-state index in [0.29, 0.717) is 17.3 Å². The van der Waals surface area contributed by atoms with E-state index in [1.54, 1.807) is 5.57 Å². The van der Waals surface area contributed by atoms with Gasteiger partial charge in [-0.3, -0.25) is 0 Å². The second-order valence-corrected chi connectivity index (χ2v) is 10.9. The van der Waals surface area contributed by atoms with Crippen LogP contribution >= 0.6 is 0 Å². The van der Waals surface area contributed by atoms with E-state index in [1.807, 2.05) is 0 Å². The highest BCUT2D eigenvalue weighted by Crippen LogP contribution is 2.59.